The van der Waals surface area contributed by atoms with Gasteiger partial charge in [-0.25, -0.2) is 0 Å². The van der Waals surface area contributed by atoms with Gasteiger partial charge in [-0.05, 0) is 51.1 Å². The minimum absolute atomic E-state index is 0.893. The molecule has 0 radical (unpaired) electrons. The zero-order valence-electron chi connectivity index (χ0n) is 10.5. The Morgan fingerprint density at radius 2 is 1.87 bits per heavy atom. The lowest BCUT2D eigenvalue weighted by Crippen LogP contribution is -2.27. The van der Waals surface area contributed by atoms with E-state index in [0.29, 0.717) is 0 Å². The summed E-state index contributed by atoms with van der Waals surface area (Å²) in [5, 5.41) is 3.52. The standard InChI is InChI=1S/C14H27N/c1-4-15-11-14-9-7-5-6-8-13(14)10-12(2)3/h13-15H,2,4-11H2,1,3H3. The van der Waals surface area contributed by atoms with E-state index in [1.807, 2.05) is 0 Å². The van der Waals surface area contributed by atoms with Crippen LogP contribution in [0.4, 0.5) is 0 Å². The van der Waals surface area contributed by atoms with Crippen LogP contribution in [0.3, 0.4) is 0 Å². The van der Waals surface area contributed by atoms with Crippen LogP contribution in [-0.4, -0.2) is 13.1 Å². The van der Waals surface area contributed by atoms with Gasteiger partial charge in [0.25, 0.3) is 0 Å². The van der Waals surface area contributed by atoms with Gasteiger partial charge in [0.05, 0.1) is 0 Å². The van der Waals surface area contributed by atoms with E-state index in [2.05, 4.69) is 25.7 Å². The molecule has 1 rings (SSSR count). The predicted octanol–water partition coefficient (Wildman–Crippen LogP) is 3.76. The van der Waals surface area contributed by atoms with Crippen molar-refractivity contribution in [2.45, 2.75) is 52.4 Å². The van der Waals surface area contributed by atoms with E-state index in [4.69, 9.17) is 0 Å². The van der Waals surface area contributed by atoms with Gasteiger partial charge >= 0.3 is 0 Å². The molecule has 0 bridgehead atoms. The molecule has 0 aromatic rings. The van der Waals surface area contributed by atoms with Crippen molar-refractivity contribution in [1.82, 2.24) is 5.32 Å². The zero-order chi connectivity index (χ0) is 11.1. The molecule has 0 amide bonds. The SMILES string of the molecule is C=C(C)CC1CCCCCC1CNCC. The number of rotatable bonds is 5. The molecule has 88 valence electrons. The average molecular weight is 209 g/mol. The number of hydrogen-bond acceptors (Lipinski definition) is 1. The van der Waals surface area contributed by atoms with Gasteiger partial charge < -0.3 is 5.32 Å². The molecule has 1 heteroatoms. The number of nitrogens with one attached hydrogen (secondary N) is 1. The molecule has 1 aliphatic carbocycles. The van der Waals surface area contributed by atoms with Crippen molar-refractivity contribution in [2.75, 3.05) is 13.1 Å². The van der Waals surface area contributed by atoms with Gasteiger partial charge in [0, 0.05) is 0 Å². The molecular formula is C14H27N. The van der Waals surface area contributed by atoms with Gasteiger partial charge in [0.15, 0.2) is 0 Å². The highest BCUT2D eigenvalue weighted by molar-refractivity contribution is 4.93. The molecule has 0 aromatic carbocycles. The molecule has 2 atom stereocenters. The third kappa shape index (κ3) is 4.83. The smallest absolute Gasteiger partial charge is 0.00179 e. The third-order valence-corrected chi connectivity index (χ3v) is 3.58. The molecule has 0 saturated heterocycles. The fraction of sp³-hybridized carbons (Fsp3) is 0.857. The maximum atomic E-state index is 4.07. The number of allylic oxidation sites excluding steroid dienone is 1. The Hall–Kier alpha value is -0.300. The van der Waals surface area contributed by atoms with Crippen molar-refractivity contribution >= 4 is 0 Å². The van der Waals surface area contributed by atoms with Crippen molar-refractivity contribution in [3.63, 3.8) is 0 Å². The summed E-state index contributed by atoms with van der Waals surface area (Å²) in [5.41, 5.74) is 1.36. The van der Waals surface area contributed by atoms with Gasteiger partial charge in [-0.3, -0.25) is 0 Å². The average Bonchev–Trinajstić information content (AvgIpc) is 2.40. The van der Waals surface area contributed by atoms with Crippen LogP contribution < -0.4 is 5.32 Å². The van der Waals surface area contributed by atoms with Gasteiger partial charge in [-0.1, -0.05) is 31.8 Å². The molecule has 1 nitrogen and oxygen atoms in total. The van der Waals surface area contributed by atoms with E-state index in [1.165, 1.54) is 50.6 Å². The first-order chi connectivity index (χ1) is 7.24. The Kier molecular flexibility index (Phi) is 6.00. The normalized spacial score (nSPS) is 27.3. The highest BCUT2D eigenvalue weighted by atomic mass is 14.8. The maximum absolute atomic E-state index is 4.07. The zero-order valence-corrected chi connectivity index (χ0v) is 10.5. The van der Waals surface area contributed by atoms with Gasteiger partial charge in [-0.2, -0.15) is 0 Å². The van der Waals surface area contributed by atoms with Crippen molar-refractivity contribution < 1.29 is 0 Å². The van der Waals surface area contributed by atoms with Crippen molar-refractivity contribution in [3.8, 4) is 0 Å². The Bertz CT molecular complexity index is 186. The van der Waals surface area contributed by atoms with E-state index in [0.717, 1.165) is 18.4 Å². The molecular weight excluding hydrogens is 182 g/mol. The Morgan fingerprint density at radius 3 is 2.47 bits per heavy atom. The van der Waals surface area contributed by atoms with Crippen molar-refractivity contribution in [1.29, 1.82) is 0 Å². The monoisotopic (exact) mass is 209 g/mol. The molecule has 0 aliphatic heterocycles. The lowest BCUT2D eigenvalue weighted by atomic mass is 9.83. The first-order valence-corrected chi connectivity index (χ1v) is 6.59. The lowest BCUT2D eigenvalue weighted by Gasteiger charge is -2.25. The molecule has 0 spiro atoms. The minimum Gasteiger partial charge on any atom is -0.317 e. The first-order valence-electron chi connectivity index (χ1n) is 6.59. The summed E-state index contributed by atoms with van der Waals surface area (Å²) in [6.45, 7) is 10.8. The first kappa shape index (κ1) is 12.8. The Labute approximate surface area is 95.3 Å². The van der Waals surface area contributed by atoms with E-state index in [-0.39, 0.29) is 0 Å². The molecule has 1 N–H and O–H groups in total. The van der Waals surface area contributed by atoms with Gasteiger partial charge in [-0.15, -0.1) is 6.58 Å². The Morgan fingerprint density at radius 1 is 1.20 bits per heavy atom. The van der Waals surface area contributed by atoms with Crippen molar-refractivity contribution in [2.24, 2.45) is 11.8 Å². The summed E-state index contributed by atoms with van der Waals surface area (Å²) in [4.78, 5) is 0. The molecule has 1 aliphatic rings. The van der Waals surface area contributed by atoms with Crippen LogP contribution in [0.1, 0.15) is 52.4 Å². The Balaban J connectivity index is 2.46. The summed E-state index contributed by atoms with van der Waals surface area (Å²) in [5.74, 6) is 1.79. The van der Waals surface area contributed by atoms with E-state index < -0.39 is 0 Å². The van der Waals surface area contributed by atoms with Crippen LogP contribution in [-0.2, 0) is 0 Å². The highest BCUT2D eigenvalue weighted by Gasteiger charge is 2.22. The lowest BCUT2D eigenvalue weighted by molar-refractivity contribution is 0.299. The van der Waals surface area contributed by atoms with Gasteiger partial charge in [0.1, 0.15) is 0 Å². The van der Waals surface area contributed by atoms with Crippen LogP contribution in [0.15, 0.2) is 12.2 Å². The quantitative estimate of drug-likeness (QED) is 0.537. The third-order valence-electron chi connectivity index (χ3n) is 3.58. The van der Waals surface area contributed by atoms with Crippen LogP contribution >= 0.6 is 0 Å². The second-order valence-corrected chi connectivity index (χ2v) is 5.13. The molecule has 1 fully saturated rings. The van der Waals surface area contributed by atoms with Crippen molar-refractivity contribution in [3.05, 3.63) is 12.2 Å². The molecule has 2 unspecified atom stereocenters. The van der Waals surface area contributed by atoms with E-state index in [1.54, 1.807) is 0 Å². The van der Waals surface area contributed by atoms with E-state index >= 15 is 0 Å². The fourth-order valence-electron chi connectivity index (χ4n) is 2.78. The topological polar surface area (TPSA) is 12.0 Å². The summed E-state index contributed by atoms with van der Waals surface area (Å²) in [6, 6.07) is 0. The predicted molar refractivity (Wildman–Crippen MR) is 68.0 cm³/mol. The van der Waals surface area contributed by atoms with Crippen LogP contribution in [0.5, 0.6) is 0 Å². The second kappa shape index (κ2) is 7.05. The summed E-state index contributed by atoms with van der Waals surface area (Å²) in [6.07, 6.45) is 8.39. The van der Waals surface area contributed by atoms with Crippen LogP contribution in [0, 0.1) is 11.8 Å². The second-order valence-electron chi connectivity index (χ2n) is 5.13. The molecule has 0 heterocycles. The summed E-state index contributed by atoms with van der Waals surface area (Å²) >= 11 is 0. The molecule has 15 heavy (non-hydrogen) atoms. The summed E-state index contributed by atoms with van der Waals surface area (Å²) in [7, 11) is 0. The number of hydrogen-bond donors (Lipinski definition) is 1. The summed E-state index contributed by atoms with van der Waals surface area (Å²) < 4.78 is 0. The molecule has 0 aromatic heterocycles. The van der Waals surface area contributed by atoms with Gasteiger partial charge in [0.2, 0.25) is 0 Å². The van der Waals surface area contributed by atoms with Crippen LogP contribution in [0.2, 0.25) is 0 Å². The largest absolute Gasteiger partial charge is 0.317 e. The fourth-order valence-corrected chi connectivity index (χ4v) is 2.78. The molecule has 1 saturated carbocycles. The highest BCUT2D eigenvalue weighted by Crippen LogP contribution is 2.32. The van der Waals surface area contributed by atoms with Crippen LogP contribution in [0.25, 0.3) is 0 Å². The maximum Gasteiger partial charge on any atom is -0.00179 e. The minimum atomic E-state index is 0.893. The van der Waals surface area contributed by atoms with E-state index in [9.17, 15) is 0 Å².